The van der Waals surface area contributed by atoms with Crippen LogP contribution in [0.1, 0.15) is 34.2 Å². The normalized spacial score (nSPS) is 20.3. The molecule has 1 aromatic heterocycles. The Morgan fingerprint density at radius 1 is 1.39 bits per heavy atom. The maximum absolute atomic E-state index is 12.6. The SMILES string of the molecule is CN1Cc2ccccc2C(NC(=O)c2nc3n(n2)CCCN3)C1. The summed E-state index contributed by atoms with van der Waals surface area (Å²) in [7, 11) is 2.06. The number of carbonyl (C=O) groups is 1. The summed E-state index contributed by atoms with van der Waals surface area (Å²) < 4.78 is 1.76. The fourth-order valence-corrected chi connectivity index (χ4v) is 3.28. The molecule has 7 nitrogen and oxygen atoms in total. The number of anilines is 1. The van der Waals surface area contributed by atoms with Gasteiger partial charge in [0, 0.05) is 26.2 Å². The summed E-state index contributed by atoms with van der Waals surface area (Å²) >= 11 is 0. The van der Waals surface area contributed by atoms with E-state index < -0.39 is 0 Å². The average Bonchev–Trinajstić information content (AvgIpc) is 2.99. The largest absolute Gasteiger partial charge is 0.354 e. The van der Waals surface area contributed by atoms with E-state index in [4.69, 9.17) is 0 Å². The first-order valence-corrected chi connectivity index (χ1v) is 7.96. The van der Waals surface area contributed by atoms with Gasteiger partial charge in [0.1, 0.15) is 0 Å². The topological polar surface area (TPSA) is 75.1 Å². The minimum absolute atomic E-state index is 0.0362. The number of amides is 1. The summed E-state index contributed by atoms with van der Waals surface area (Å²) in [5.74, 6) is 0.700. The number of carbonyl (C=O) groups excluding carboxylic acids is 1. The third-order valence-electron chi connectivity index (χ3n) is 4.37. The minimum Gasteiger partial charge on any atom is -0.354 e. The average molecular weight is 312 g/mol. The van der Waals surface area contributed by atoms with Crippen molar-refractivity contribution in [3.05, 3.63) is 41.2 Å². The molecule has 0 radical (unpaired) electrons. The summed E-state index contributed by atoms with van der Waals surface area (Å²) in [5.41, 5.74) is 2.44. The van der Waals surface area contributed by atoms with Gasteiger partial charge >= 0.3 is 0 Å². The molecule has 23 heavy (non-hydrogen) atoms. The Kier molecular flexibility index (Phi) is 3.49. The van der Waals surface area contributed by atoms with Gasteiger partial charge in [0.2, 0.25) is 11.8 Å². The van der Waals surface area contributed by atoms with Gasteiger partial charge in [0.05, 0.1) is 6.04 Å². The molecule has 1 unspecified atom stereocenters. The maximum Gasteiger partial charge on any atom is 0.291 e. The van der Waals surface area contributed by atoms with E-state index in [1.807, 2.05) is 12.1 Å². The molecule has 1 amide bonds. The smallest absolute Gasteiger partial charge is 0.291 e. The highest BCUT2D eigenvalue weighted by Gasteiger charge is 2.26. The highest BCUT2D eigenvalue weighted by molar-refractivity contribution is 5.91. The fraction of sp³-hybridized carbons (Fsp3) is 0.438. The van der Waals surface area contributed by atoms with Crippen molar-refractivity contribution < 1.29 is 4.79 Å². The Morgan fingerprint density at radius 2 is 2.26 bits per heavy atom. The molecular formula is C16H20N6O. The van der Waals surface area contributed by atoms with Crippen molar-refractivity contribution in [2.45, 2.75) is 25.6 Å². The maximum atomic E-state index is 12.6. The lowest BCUT2D eigenvalue weighted by molar-refractivity contribution is 0.0911. The second-order valence-corrected chi connectivity index (χ2v) is 6.18. The van der Waals surface area contributed by atoms with E-state index in [1.54, 1.807) is 4.68 Å². The molecule has 1 atom stereocenters. The van der Waals surface area contributed by atoms with Gasteiger partial charge in [-0.15, -0.1) is 5.10 Å². The number of nitrogens with one attached hydrogen (secondary N) is 2. The molecule has 0 aliphatic carbocycles. The van der Waals surface area contributed by atoms with Gasteiger partial charge in [-0.05, 0) is 24.6 Å². The minimum atomic E-state index is -0.219. The quantitative estimate of drug-likeness (QED) is 0.866. The first-order valence-electron chi connectivity index (χ1n) is 7.96. The van der Waals surface area contributed by atoms with E-state index in [9.17, 15) is 4.79 Å². The lowest BCUT2D eigenvalue weighted by Gasteiger charge is -2.32. The van der Waals surface area contributed by atoms with Crippen molar-refractivity contribution >= 4 is 11.9 Å². The van der Waals surface area contributed by atoms with Crippen LogP contribution in [0.15, 0.2) is 24.3 Å². The number of nitrogens with zero attached hydrogens (tertiary/aromatic N) is 4. The molecule has 0 spiro atoms. The fourth-order valence-electron chi connectivity index (χ4n) is 3.28. The molecule has 7 heteroatoms. The van der Waals surface area contributed by atoms with Crippen LogP contribution >= 0.6 is 0 Å². The molecule has 2 aromatic rings. The first kappa shape index (κ1) is 14.2. The van der Waals surface area contributed by atoms with Crippen LogP contribution in [-0.2, 0) is 13.1 Å². The second-order valence-electron chi connectivity index (χ2n) is 6.18. The van der Waals surface area contributed by atoms with Crippen molar-refractivity contribution in [1.29, 1.82) is 0 Å². The number of aromatic nitrogens is 3. The van der Waals surface area contributed by atoms with Gasteiger partial charge in [-0.2, -0.15) is 4.98 Å². The molecule has 0 saturated heterocycles. The molecule has 0 fully saturated rings. The van der Waals surface area contributed by atoms with Gasteiger partial charge < -0.3 is 10.6 Å². The van der Waals surface area contributed by atoms with Crippen LogP contribution < -0.4 is 10.6 Å². The zero-order valence-electron chi connectivity index (χ0n) is 13.1. The predicted molar refractivity (Wildman–Crippen MR) is 86.1 cm³/mol. The molecule has 120 valence electrons. The van der Waals surface area contributed by atoms with Gasteiger partial charge in [-0.1, -0.05) is 24.3 Å². The Balaban J connectivity index is 1.56. The van der Waals surface area contributed by atoms with Crippen LogP contribution in [0.25, 0.3) is 0 Å². The summed E-state index contributed by atoms with van der Waals surface area (Å²) in [5, 5.41) is 10.6. The third-order valence-corrected chi connectivity index (χ3v) is 4.37. The summed E-state index contributed by atoms with van der Waals surface area (Å²) in [6.07, 6.45) is 0.998. The van der Waals surface area contributed by atoms with Gasteiger partial charge in [0.25, 0.3) is 5.91 Å². The summed E-state index contributed by atoms with van der Waals surface area (Å²) in [6, 6.07) is 8.21. The number of hydrogen-bond donors (Lipinski definition) is 2. The van der Waals surface area contributed by atoms with Crippen molar-refractivity contribution in [1.82, 2.24) is 25.0 Å². The van der Waals surface area contributed by atoms with Crippen LogP contribution in [0.5, 0.6) is 0 Å². The Morgan fingerprint density at radius 3 is 3.13 bits per heavy atom. The van der Waals surface area contributed by atoms with Crippen molar-refractivity contribution in [2.75, 3.05) is 25.5 Å². The molecule has 2 aliphatic heterocycles. The molecule has 2 N–H and O–H groups in total. The highest BCUT2D eigenvalue weighted by Crippen LogP contribution is 2.25. The van der Waals surface area contributed by atoms with Crippen molar-refractivity contribution in [3.63, 3.8) is 0 Å². The Bertz CT molecular complexity index is 716. The lowest BCUT2D eigenvalue weighted by atomic mass is 9.96. The van der Waals surface area contributed by atoms with E-state index in [-0.39, 0.29) is 17.8 Å². The monoisotopic (exact) mass is 312 g/mol. The Hall–Kier alpha value is -2.41. The van der Waals surface area contributed by atoms with E-state index in [0.717, 1.165) is 32.6 Å². The number of likely N-dealkylation sites (N-methyl/N-ethyl adjacent to an activating group) is 1. The zero-order valence-corrected chi connectivity index (χ0v) is 13.1. The van der Waals surface area contributed by atoms with Gasteiger partial charge in [-0.25, -0.2) is 4.68 Å². The van der Waals surface area contributed by atoms with E-state index in [1.165, 1.54) is 11.1 Å². The molecule has 4 rings (SSSR count). The van der Waals surface area contributed by atoms with E-state index >= 15 is 0 Å². The molecule has 2 aliphatic rings. The van der Waals surface area contributed by atoms with Gasteiger partial charge in [-0.3, -0.25) is 9.69 Å². The summed E-state index contributed by atoms with van der Waals surface area (Å²) in [4.78, 5) is 19.1. The number of hydrogen-bond acceptors (Lipinski definition) is 5. The molecular weight excluding hydrogens is 292 g/mol. The van der Waals surface area contributed by atoms with Crippen molar-refractivity contribution in [2.24, 2.45) is 0 Å². The number of fused-ring (bicyclic) bond motifs is 2. The predicted octanol–water partition coefficient (Wildman–Crippen LogP) is 1.01. The van der Waals surface area contributed by atoms with Crippen LogP contribution in [0.2, 0.25) is 0 Å². The van der Waals surface area contributed by atoms with Crippen LogP contribution in [0.3, 0.4) is 0 Å². The molecule has 3 heterocycles. The molecule has 0 bridgehead atoms. The highest BCUT2D eigenvalue weighted by atomic mass is 16.2. The van der Waals surface area contributed by atoms with Crippen LogP contribution in [0.4, 0.5) is 5.95 Å². The number of benzene rings is 1. The Labute approximate surface area is 134 Å². The van der Waals surface area contributed by atoms with Crippen molar-refractivity contribution in [3.8, 4) is 0 Å². The second kappa shape index (κ2) is 5.66. The first-order chi connectivity index (χ1) is 11.2. The summed E-state index contributed by atoms with van der Waals surface area (Å²) in [6.45, 7) is 3.37. The molecule has 0 saturated carbocycles. The lowest BCUT2D eigenvalue weighted by Crippen LogP contribution is -2.40. The number of rotatable bonds is 2. The third kappa shape index (κ3) is 2.68. The van der Waals surface area contributed by atoms with Gasteiger partial charge in [0.15, 0.2) is 0 Å². The van der Waals surface area contributed by atoms with E-state index in [0.29, 0.717) is 5.95 Å². The zero-order chi connectivity index (χ0) is 15.8. The standard InChI is InChI=1S/C16H20N6O/c1-21-9-11-5-2-3-6-12(11)13(10-21)18-15(23)14-19-16-17-7-4-8-22(16)20-14/h2-3,5-6,13H,4,7-10H2,1H3,(H,18,23)(H,17,19,20). The number of aryl methyl sites for hydroxylation is 1. The van der Waals surface area contributed by atoms with Crippen LogP contribution in [-0.4, -0.2) is 45.7 Å². The van der Waals surface area contributed by atoms with E-state index in [2.05, 4.69) is 44.8 Å². The molecule has 1 aromatic carbocycles. The van der Waals surface area contributed by atoms with Crippen LogP contribution in [0, 0.1) is 0 Å².